The third-order valence-corrected chi connectivity index (χ3v) is 3.44. The van der Waals surface area contributed by atoms with Gasteiger partial charge in [0.15, 0.2) is 0 Å². The third-order valence-electron chi connectivity index (χ3n) is 3.44. The summed E-state index contributed by atoms with van der Waals surface area (Å²) in [6.45, 7) is 6.29. The molecule has 0 unspecified atom stereocenters. The minimum atomic E-state index is 0.696. The van der Waals surface area contributed by atoms with Gasteiger partial charge >= 0.3 is 0 Å². The van der Waals surface area contributed by atoms with Gasteiger partial charge in [-0.1, -0.05) is 0 Å². The summed E-state index contributed by atoms with van der Waals surface area (Å²) < 4.78 is 5.42. The number of nitrogens with zero attached hydrogens (tertiary/aromatic N) is 2. The first kappa shape index (κ1) is 12.2. The number of oxazole rings is 1. The molecule has 1 N–H and O–H groups in total. The van der Waals surface area contributed by atoms with Crippen molar-refractivity contribution in [1.82, 2.24) is 10.3 Å². The Bertz CT molecular complexity index is 525. The largest absolute Gasteiger partial charge is 0.444 e. The van der Waals surface area contributed by atoms with Gasteiger partial charge in [0.25, 0.3) is 0 Å². The van der Waals surface area contributed by atoms with Gasteiger partial charge in [0.05, 0.1) is 5.69 Å². The predicted molar refractivity (Wildman–Crippen MR) is 76.4 cm³/mol. The summed E-state index contributed by atoms with van der Waals surface area (Å²) in [5.41, 5.74) is 3.22. The van der Waals surface area contributed by atoms with Gasteiger partial charge in [-0.2, -0.15) is 0 Å². The number of rotatable bonds is 2. The fourth-order valence-electron chi connectivity index (χ4n) is 2.41. The van der Waals surface area contributed by atoms with Crippen molar-refractivity contribution in [2.75, 3.05) is 31.1 Å². The van der Waals surface area contributed by atoms with Crippen molar-refractivity contribution in [3.63, 3.8) is 0 Å². The van der Waals surface area contributed by atoms with Gasteiger partial charge in [-0.3, -0.25) is 0 Å². The van der Waals surface area contributed by atoms with Crippen LogP contribution in [0.2, 0.25) is 0 Å². The van der Waals surface area contributed by atoms with Crippen molar-refractivity contribution in [2.45, 2.75) is 13.3 Å². The molecule has 0 amide bonds. The zero-order valence-corrected chi connectivity index (χ0v) is 11.2. The molecule has 3 rings (SSSR count). The molecule has 0 atom stereocenters. The van der Waals surface area contributed by atoms with Crippen molar-refractivity contribution in [3.8, 4) is 11.5 Å². The van der Waals surface area contributed by atoms with Crippen LogP contribution in [0.5, 0.6) is 0 Å². The molecule has 2 aromatic rings. The van der Waals surface area contributed by atoms with Crippen LogP contribution < -0.4 is 10.2 Å². The molecule has 0 saturated carbocycles. The topological polar surface area (TPSA) is 41.3 Å². The van der Waals surface area contributed by atoms with E-state index in [9.17, 15) is 0 Å². The van der Waals surface area contributed by atoms with Crippen molar-refractivity contribution in [1.29, 1.82) is 0 Å². The summed E-state index contributed by atoms with van der Waals surface area (Å²) >= 11 is 0. The maximum Gasteiger partial charge on any atom is 0.226 e. The summed E-state index contributed by atoms with van der Waals surface area (Å²) in [7, 11) is 0. The lowest BCUT2D eigenvalue weighted by atomic mass is 10.2. The molecule has 0 radical (unpaired) electrons. The van der Waals surface area contributed by atoms with Crippen LogP contribution >= 0.6 is 0 Å². The summed E-state index contributed by atoms with van der Waals surface area (Å²) in [5.74, 6) is 0.696. The van der Waals surface area contributed by atoms with Crippen LogP contribution in [0.1, 0.15) is 12.1 Å². The van der Waals surface area contributed by atoms with E-state index in [-0.39, 0.29) is 0 Å². The van der Waals surface area contributed by atoms with Gasteiger partial charge in [0, 0.05) is 30.9 Å². The van der Waals surface area contributed by atoms with E-state index < -0.39 is 0 Å². The molecule has 0 spiro atoms. The van der Waals surface area contributed by atoms with E-state index in [1.807, 2.05) is 6.92 Å². The van der Waals surface area contributed by atoms with Crippen LogP contribution in [0.15, 0.2) is 34.9 Å². The molecule has 1 aromatic carbocycles. The van der Waals surface area contributed by atoms with Crippen LogP contribution in [-0.4, -0.2) is 31.2 Å². The van der Waals surface area contributed by atoms with E-state index in [1.54, 1.807) is 6.26 Å². The Kier molecular flexibility index (Phi) is 3.51. The van der Waals surface area contributed by atoms with Gasteiger partial charge < -0.3 is 14.6 Å². The number of nitrogens with one attached hydrogen (secondary N) is 1. The maximum atomic E-state index is 5.42. The van der Waals surface area contributed by atoms with Crippen LogP contribution in [0.4, 0.5) is 5.69 Å². The molecule has 1 fully saturated rings. The highest BCUT2D eigenvalue weighted by Gasteiger charge is 2.10. The molecular formula is C15H19N3O. The number of benzene rings is 1. The number of aryl methyl sites for hydroxylation is 1. The molecule has 0 bridgehead atoms. The summed E-state index contributed by atoms with van der Waals surface area (Å²) in [5, 5.41) is 3.42. The molecule has 19 heavy (non-hydrogen) atoms. The first-order valence-electron chi connectivity index (χ1n) is 6.81. The lowest BCUT2D eigenvalue weighted by molar-refractivity contribution is 0.573. The molecule has 4 nitrogen and oxygen atoms in total. The molecular weight excluding hydrogens is 238 g/mol. The van der Waals surface area contributed by atoms with E-state index in [2.05, 4.69) is 39.5 Å². The molecule has 1 saturated heterocycles. The van der Waals surface area contributed by atoms with E-state index in [1.165, 1.54) is 12.1 Å². The first-order chi connectivity index (χ1) is 9.33. The van der Waals surface area contributed by atoms with Gasteiger partial charge in [0.2, 0.25) is 5.89 Å². The second-order valence-electron chi connectivity index (χ2n) is 4.93. The van der Waals surface area contributed by atoms with Gasteiger partial charge in [-0.15, -0.1) is 0 Å². The van der Waals surface area contributed by atoms with E-state index in [0.717, 1.165) is 37.4 Å². The fraction of sp³-hybridized carbons (Fsp3) is 0.400. The van der Waals surface area contributed by atoms with Crippen LogP contribution in [0.25, 0.3) is 11.5 Å². The Morgan fingerprint density at radius 2 is 2.00 bits per heavy atom. The van der Waals surface area contributed by atoms with E-state index in [4.69, 9.17) is 4.42 Å². The lowest BCUT2D eigenvalue weighted by Gasteiger charge is -2.22. The highest BCUT2D eigenvalue weighted by Crippen LogP contribution is 2.23. The highest BCUT2D eigenvalue weighted by molar-refractivity contribution is 5.59. The Morgan fingerprint density at radius 3 is 2.74 bits per heavy atom. The summed E-state index contributed by atoms with van der Waals surface area (Å²) in [6.07, 6.45) is 2.88. The smallest absolute Gasteiger partial charge is 0.226 e. The van der Waals surface area contributed by atoms with Gasteiger partial charge in [-0.05, 0) is 44.2 Å². The zero-order valence-electron chi connectivity index (χ0n) is 11.2. The Labute approximate surface area is 113 Å². The first-order valence-corrected chi connectivity index (χ1v) is 6.81. The quantitative estimate of drug-likeness (QED) is 0.897. The third kappa shape index (κ3) is 2.79. The maximum absolute atomic E-state index is 5.42. The summed E-state index contributed by atoms with van der Waals surface area (Å²) in [4.78, 5) is 6.77. The average molecular weight is 257 g/mol. The Hall–Kier alpha value is -1.81. The van der Waals surface area contributed by atoms with Crippen molar-refractivity contribution < 1.29 is 4.42 Å². The minimum absolute atomic E-state index is 0.696. The summed E-state index contributed by atoms with van der Waals surface area (Å²) in [6, 6.07) is 8.47. The number of anilines is 1. The standard InChI is InChI=1S/C15H19N3O/c1-12-11-19-15(17-12)13-3-5-14(6-4-13)18-9-2-7-16-8-10-18/h3-6,11,16H,2,7-10H2,1H3. The fourth-order valence-corrected chi connectivity index (χ4v) is 2.41. The van der Waals surface area contributed by atoms with Gasteiger partial charge in [0.1, 0.15) is 6.26 Å². The molecule has 2 heterocycles. The van der Waals surface area contributed by atoms with Crippen LogP contribution in [0.3, 0.4) is 0 Å². The number of aromatic nitrogens is 1. The van der Waals surface area contributed by atoms with Crippen LogP contribution in [-0.2, 0) is 0 Å². The molecule has 1 aromatic heterocycles. The minimum Gasteiger partial charge on any atom is -0.444 e. The number of hydrogen-bond acceptors (Lipinski definition) is 4. The second-order valence-corrected chi connectivity index (χ2v) is 4.93. The second kappa shape index (κ2) is 5.45. The highest BCUT2D eigenvalue weighted by atomic mass is 16.3. The average Bonchev–Trinajstić information content (AvgIpc) is 2.72. The lowest BCUT2D eigenvalue weighted by Crippen LogP contribution is -2.27. The SMILES string of the molecule is Cc1coc(-c2ccc(N3CCCNCC3)cc2)n1. The Morgan fingerprint density at radius 1 is 1.16 bits per heavy atom. The molecule has 4 heteroatoms. The van der Waals surface area contributed by atoms with Crippen molar-refractivity contribution in [3.05, 3.63) is 36.2 Å². The molecule has 0 aliphatic carbocycles. The Balaban J connectivity index is 1.78. The van der Waals surface area contributed by atoms with E-state index >= 15 is 0 Å². The zero-order chi connectivity index (χ0) is 13.1. The molecule has 1 aliphatic heterocycles. The van der Waals surface area contributed by atoms with Crippen molar-refractivity contribution >= 4 is 5.69 Å². The normalized spacial score (nSPS) is 16.4. The van der Waals surface area contributed by atoms with Gasteiger partial charge in [-0.25, -0.2) is 4.98 Å². The van der Waals surface area contributed by atoms with E-state index in [0.29, 0.717) is 5.89 Å². The van der Waals surface area contributed by atoms with Crippen molar-refractivity contribution in [2.24, 2.45) is 0 Å². The predicted octanol–water partition coefficient (Wildman–Crippen LogP) is 2.45. The number of hydrogen-bond donors (Lipinski definition) is 1. The molecule has 1 aliphatic rings. The monoisotopic (exact) mass is 257 g/mol. The van der Waals surface area contributed by atoms with Crippen LogP contribution in [0, 0.1) is 6.92 Å². The molecule has 100 valence electrons.